The summed E-state index contributed by atoms with van der Waals surface area (Å²) in [6.07, 6.45) is 1.46. The highest BCUT2D eigenvalue weighted by atomic mass is 32.2. The molecule has 1 aromatic heterocycles. The lowest BCUT2D eigenvalue weighted by atomic mass is 9.95. The molecule has 0 bridgehead atoms. The van der Waals surface area contributed by atoms with Gasteiger partial charge in [0.2, 0.25) is 0 Å². The molecule has 0 saturated carbocycles. The number of aromatic nitrogens is 1. The highest BCUT2D eigenvalue weighted by Gasteiger charge is 2.24. The van der Waals surface area contributed by atoms with Crippen LogP contribution >= 0.6 is 0 Å². The predicted molar refractivity (Wildman–Crippen MR) is 92.2 cm³/mol. The molecule has 1 heterocycles. The molecule has 0 unspecified atom stereocenters. The zero-order valence-electron chi connectivity index (χ0n) is 14.4. The van der Waals surface area contributed by atoms with Crippen LogP contribution in [0.15, 0.2) is 29.3 Å². The molecule has 24 heavy (non-hydrogen) atoms. The van der Waals surface area contributed by atoms with Crippen LogP contribution in [0.25, 0.3) is 0 Å². The summed E-state index contributed by atoms with van der Waals surface area (Å²) < 4.78 is 25.4. The number of sulfonamides is 1. The molecule has 1 amide bonds. The zero-order chi connectivity index (χ0) is 18.1. The van der Waals surface area contributed by atoms with E-state index < -0.39 is 15.9 Å². The summed E-state index contributed by atoms with van der Waals surface area (Å²) in [6, 6.07) is 4.82. The first kappa shape index (κ1) is 18.1. The molecule has 0 aliphatic rings. The molecular formula is C17H21N3O3S. The molecule has 6 nitrogen and oxygen atoms in total. The van der Waals surface area contributed by atoms with E-state index in [0.717, 1.165) is 16.7 Å². The van der Waals surface area contributed by atoms with Crippen molar-refractivity contribution in [1.29, 1.82) is 0 Å². The van der Waals surface area contributed by atoms with Crippen LogP contribution in [0.5, 0.6) is 0 Å². The molecule has 128 valence electrons. The summed E-state index contributed by atoms with van der Waals surface area (Å²) >= 11 is 0. The predicted octanol–water partition coefficient (Wildman–Crippen LogP) is 2.25. The molecule has 0 aliphatic carbocycles. The normalized spacial score (nSPS) is 11.4. The summed E-state index contributed by atoms with van der Waals surface area (Å²) in [7, 11) is -3.90. The van der Waals surface area contributed by atoms with Gasteiger partial charge in [0.1, 0.15) is 5.69 Å². The van der Waals surface area contributed by atoms with E-state index >= 15 is 0 Å². The molecule has 0 saturated heterocycles. The van der Waals surface area contributed by atoms with E-state index in [4.69, 9.17) is 0 Å². The third kappa shape index (κ3) is 3.32. The number of benzene rings is 1. The Morgan fingerprint density at radius 2 is 1.46 bits per heavy atom. The van der Waals surface area contributed by atoms with Gasteiger partial charge in [0.05, 0.1) is 4.90 Å². The molecule has 7 heteroatoms. The topological polar surface area (TPSA) is 88.2 Å². The van der Waals surface area contributed by atoms with Crippen molar-refractivity contribution >= 4 is 15.9 Å². The highest BCUT2D eigenvalue weighted by Crippen LogP contribution is 2.29. The van der Waals surface area contributed by atoms with Crippen molar-refractivity contribution in [3.8, 4) is 0 Å². The molecule has 1 aromatic carbocycles. The number of carbonyl (C=O) groups is 1. The van der Waals surface area contributed by atoms with Crippen molar-refractivity contribution in [3.05, 3.63) is 57.9 Å². The molecular weight excluding hydrogens is 326 g/mol. The highest BCUT2D eigenvalue weighted by molar-refractivity contribution is 7.89. The number of rotatable bonds is 4. The molecule has 2 rings (SSSR count). The van der Waals surface area contributed by atoms with Crippen LogP contribution in [0.3, 0.4) is 0 Å². The number of hydrazine groups is 1. The minimum absolute atomic E-state index is 0.130. The maximum absolute atomic E-state index is 12.7. The van der Waals surface area contributed by atoms with Gasteiger partial charge < -0.3 is 0 Å². The molecule has 0 radical (unpaired) electrons. The van der Waals surface area contributed by atoms with Gasteiger partial charge in [0.15, 0.2) is 0 Å². The van der Waals surface area contributed by atoms with Crippen molar-refractivity contribution in [1.82, 2.24) is 15.2 Å². The van der Waals surface area contributed by atoms with E-state index in [1.54, 1.807) is 26.0 Å². The second-order valence-corrected chi connectivity index (χ2v) is 7.35. The summed E-state index contributed by atoms with van der Waals surface area (Å²) in [5.74, 6) is -0.616. The van der Waals surface area contributed by atoms with E-state index in [-0.39, 0.29) is 10.6 Å². The van der Waals surface area contributed by atoms with Crippen LogP contribution in [0.1, 0.15) is 38.3 Å². The Labute approximate surface area is 142 Å². The van der Waals surface area contributed by atoms with Crippen molar-refractivity contribution in [2.24, 2.45) is 0 Å². The fourth-order valence-corrected chi connectivity index (χ4v) is 4.04. The van der Waals surface area contributed by atoms with Gasteiger partial charge in [-0.05, 0) is 74.6 Å². The Kier molecular flexibility index (Phi) is 5.05. The lowest BCUT2D eigenvalue weighted by molar-refractivity contribution is 0.0940. The maximum atomic E-state index is 12.7. The second kappa shape index (κ2) is 6.70. The van der Waals surface area contributed by atoms with Crippen molar-refractivity contribution < 1.29 is 13.2 Å². The number of amides is 1. The monoisotopic (exact) mass is 347 g/mol. The van der Waals surface area contributed by atoms with Gasteiger partial charge in [-0.25, -0.2) is 8.42 Å². The lowest BCUT2D eigenvalue weighted by Gasteiger charge is -2.19. The molecule has 0 atom stereocenters. The van der Waals surface area contributed by atoms with Gasteiger partial charge in [0.25, 0.3) is 15.9 Å². The van der Waals surface area contributed by atoms with Crippen LogP contribution in [0.4, 0.5) is 0 Å². The first-order valence-electron chi connectivity index (χ1n) is 7.47. The number of hydrogen-bond acceptors (Lipinski definition) is 4. The van der Waals surface area contributed by atoms with Crippen molar-refractivity contribution in [2.75, 3.05) is 0 Å². The molecule has 2 aromatic rings. The average Bonchev–Trinajstić information content (AvgIpc) is 2.57. The lowest BCUT2D eigenvalue weighted by Crippen LogP contribution is -2.42. The number of nitrogens with zero attached hydrogens (tertiary/aromatic N) is 1. The zero-order valence-corrected chi connectivity index (χ0v) is 15.2. The Morgan fingerprint density at radius 1 is 0.917 bits per heavy atom. The minimum Gasteiger partial charge on any atom is -0.272 e. The van der Waals surface area contributed by atoms with Gasteiger partial charge in [-0.2, -0.15) is 0 Å². The van der Waals surface area contributed by atoms with Crippen LogP contribution in [0.2, 0.25) is 0 Å². The molecule has 2 N–H and O–H groups in total. The van der Waals surface area contributed by atoms with Crippen molar-refractivity contribution in [2.45, 2.75) is 39.5 Å². The van der Waals surface area contributed by atoms with Gasteiger partial charge in [-0.15, -0.1) is 4.83 Å². The molecule has 0 aliphatic heterocycles. The van der Waals surface area contributed by atoms with Crippen LogP contribution < -0.4 is 10.3 Å². The SMILES string of the molecule is Cc1c(C)c(C)c(S(=O)(=O)NNC(=O)c2ccccn2)c(C)c1C. The summed E-state index contributed by atoms with van der Waals surface area (Å²) in [6.45, 7) is 9.29. The molecule has 0 fully saturated rings. The largest absolute Gasteiger partial charge is 0.284 e. The van der Waals surface area contributed by atoms with E-state index in [9.17, 15) is 13.2 Å². The number of nitrogens with one attached hydrogen (secondary N) is 2. The number of pyridine rings is 1. The van der Waals surface area contributed by atoms with Gasteiger partial charge >= 0.3 is 0 Å². The van der Waals surface area contributed by atoms with Crippen molar-refractivity contribution in [3.63, 3.8) is 0 Å². The Bertz CT molecular complexity index is 862. The maximum Gasteiger partial charge on any atom is 0.284 e. The Balaban J connectivity index is 2.34. The summed E-state index contributed by atoms with van der Waals surface area (Å²) in [5, 5.41) is 0. The Hall–Kier alpha value is -2.25. The van der Waals surface area contributed by atoms with Crippen LogP contribution in [-0.2, 0) is 10.0 Å². The van der Waals surface area contributed by atoms with Crippen LogP contribution in [0, 0.1) is 34.6 Å². The first-order chi connectivity index (χ1) is 11.2. The van der Waals surface area contributed by atoms with Crippen LogP contribution in [-0.4, -0.2) is 19.3 Å². The van der Waals surface area contributed by atoms with E-state index in [1.807, 2.05) is 20.8 Å². The molecule has 0 spiro atoms. The van der Waals surface area contributed by atoms with Gasteiger partial charge in [-0.3, -0.25) is 15.2 Å². The Morgan fingerprint density at radius 3 is 1.96 bits per heavy atom. The summed E-state index contributed by atoms with van der Waals surface area (Å²) in [4.78, 5) is 18.2. The fourth-order valence-electron chi connectivity index (χ4n) is 2.59. The van der Waals surface area contributed by atoms with E-state index in [1.165, 1.54) is 12.3 Å². The average molecular weight is 347 g/mol. The summed E-state index contributed by atoms with van der Waals surface area (Å²) in [5.41, 5.74) is 6.61. The third-order valence-corrected chi connectivity index (χ3v) is 5.92. The number of hydrogen-bond donors (Lipinski definition) is 2. The minimum atomic E-state index is -3.90. The third-order valence-electron chi connectivity index (χ3n) is 4.40. The van der Waals surface area contributed by atoms with E-state index in [2.05, 4.69) is 15.2 Å². The van der Waals surface area contributed by atoms with Gasteiger partial charge in [-0.1, -0.05) is 6.07 Å². The number of carbonyl (C=O) groups excluding carboxylic acids is 1. The quantitative estimate of drug-likeness (QED) is 0.830. The van der Waals surface area contributed by atoms with E-state index in [0.29, 0.717) is 11.1 Å². The standard InChI is InChI=1S/C17H21N3O3S/c1-10-11(2)13(4)16(14(5)12(10)3)24(22,23)20-19-17(21)15-8-6-7-9-18-15/h6-9,20H,1-5H3,(H,19,21). The fraction of sp³-hybridized carbons (Fsp3) is 0.294. The second-order valence-electron chi connectivity index (χ2n) is 5.73. The van der Waals surface area contributed by atoms with Gasteiger partial charge in [0, 0.05) is 6.20 Å². The smallest absolute Gasteiger partial charge is 0.272 e. The first-order valence-corrected chi connectivity index (χ1v) is 8.95.